The highest BCUT2D eigenvalue weighted by molar-refractivity contribution is 7.98. The minimum atomic E-state index is -1.35. The minimum Gasteiger partial charge on any atom is -0.468 e. The van der Waals surface area contributed by atoms with Crippen LogP contribution in [0.3, 0.4) is 0 Å². The number of thioether (sulfide) groups is 1. The Morgan fingerprint density at radius 2 is 1.81 bits per heavy atom. The highest BCUT2D eigenvalue weighted by atomic mass is 32.2. The van der Waals surface area contributed by atoms with Gasteiger partial charge in [0.2, 0.25) is 11.8 Å². The summed E-state index contributed by atoms with van der Waals surface area (Å²) in [6.45, 7) is 1.43. The normalized spacial score (nSPS) is 25.1. The maximum atomic E-state index is 14.0. The van der Waals surface area contributed by atoms with Gasteiger partial charge in [0, 0.05) is 31.4 Å². The highest BCUT2D eigenvalue weighted by Gasteiger charge is 2.68. The second kappa shape index (κ2) is 10.1. The molecule has 4 rings (SSSR count). The molecule has 2 aliphatic heterocycles. The average molecular weight is 510 g/mol. The van der Waals surface area contributed by atoms with Crippen LogP contribution in [0.5, 0.6) is 0 Å². The molecule has 2 saturated heterocycles. The van der Waals surface area contributed by atoms with E-state index in [1.165, 1.54) is 14.0 Å². The zero-order valence-corrected chi connectivity index (χ0v) is 21.9. The van der Waals surface area contributed by atoms with E-state index in [1.807, 2.05) is 49.5 Å². The summed E-state index contributed by atoms with van der Waals surface area (Å²) < 4.78 is 5.21. The Hall–Kier alpha value is -3.17. The zero-order chi connectivity index (χ0) is 26.2. The van der Waals surface area contributed by atoms with Gasteiger partial charge in [-0.15, -0.1) is 0 Å². The number of ketones is 1. The van der Waals surface area contributed by atoms with Gasteiger partial charge >= 0.3 is 5.97 Å². The quantitative estimate of drug-likeness (QED) is 0.330. The molecular formula is C27H31N3O5S. The van der Waals surface area contributed by atoms with Crippen molar-refractivity contribution in [2.24, 2.45) is 11.8 Å². The van der Waals surface area contributed by atoms with E-state index in [-0.39, 0.29) is 5.78 Å². The first kappa shape index (κ1) is 25.9. The number of fused-ring (bicyclic) bond motifs is 1. The van der Waals surface area contributed by atoms with E-state index in [4.69, 9.17) is 4.74 Å². The van der Waals surface area contributed by atoms with Crippen molar-refractivity contribution in [3.05, 3.63) is 59.7 Å². The summed E-state index contributed by atoms with van der Waals surface area (Å²) in [5.74, 6) is -2.72. The van der Waals surface area contributed by atoms with Gasteiger partial charge in [0.1, 0.15) is 5.54 Å². The van der Waals surface area contributed by atoms with E-state index in [0.29, 0.717) is 23.4 Å². The number of carbonyl (C=O) groups excluding carboxylic acids is 4. The molecule has 0 aromatic heterocycles. The molecule has 0 aliphatic carbocycles. The van der Waals surface area contributed by atoms with Crippen LogP contribution in [-0.4, -0.2) is 62.3 Å². The molecule has 2 aromatic rings. The molecule has 2 heterocycles. The summed E-state index contributed by atoms with van der Waals surface area (Å²) in [6, 6.07) is 13.6. The third kappa shape index (κ3) is 4.20. The first-order chi connectivity index (χ1) is 17.2. The number of imide groups is 1. The molecule has 0 saturated carbocycles. The molecule has 2 amide bonds. The molecule has 190 valence electrons. The number of nitrogens with one attached hydrogen (secondary N) is 1. The number of benzene rings is 2. The highest BCUT2D eigenvalue weighted by Crippen LogP contribution is 2.51. The monoisotopic (exact) mass is 509 g/mol. The standard InChI is InChI=1S/C27H31N3O5S/c1-16(31)18-7-6-8-20(15-18)30-24(32)21-22(25(30)33)27(13-14-36-5,26(34)35-4)28-23(21)17-9-11-19(12-10-17)29(2)3/h6-12,15,21-23,28H,13-14H2,1-5H3/t21-,22-,23-,27-/m1/s1. The lowest BCUT2D eigenvalue weighted by Crippen LogP contribution is -2.56. The Labute approximate surface area is 215 Å². The Morgan fingerprint density at radius 1 is 1.11 bits per heavy atom. The van der Waals surface area contributed by atoms with Gasteiger partial charge in [0.25, 0.3) is 0 Å². The van der Waals surface area contributed by atoms with Gasteiger partial charge in [-0.3, -0.25) is 24.5 Å². The molecule has 2 aromatic carbocycles. The predicted octanol–water partition coefficient (Wildman–Crippen LogP) is 3.07. The first-order valence-corrected chi connectivity index (χ1v) is 13.2. The van der Waals surface area contributed by atoms with Crippen LogP contribution < -0.4 is 15.1 Å². The number of anilines is 2. The maximum absolute atomic E-state index is 14.0. The molecule has 1 N–H and O–H groups in total. The molecule has 0 unspecified atom stereocenters. The van der Waals surface area contributed by atoms with Crippen LogP contribution in [0.25, 0.3) is 0 Å². The molecule has 2 fully saturated rings. The van der Waals surface area contributed by atoms with Crippen LogP contribution in [0.15, 0.2) is 48.5 Å². The van der Waals surface area contributed by atoms with Crippen molar-refractivity contribution in [1.29, 1.82) is 0 Å². The lowest BCUT2D eigenvalue weighted by Gasteiger charge is -2.32. The first-order valence-electron chi connectivity index (χ1n) is 11.8. The van der Waals surface area contributed by atoms with E-state index < -0.39 is 41.2 Å². The van der Waals surface area contributed by atoms with E-state index in [2.05, 4.69) is 5.32 Å². The van der Waals surface area contributed by atoms with Gasteiger partial charge in [-0.2, -0.15) is 11.8 Å². The molecule has 0 radical (unpaired) electrons. The summed E-state index contributed by atoms with van der Waals surface area (Å²) in [6.07, 6.45) is 2.25. The Balaban J connectivity index is 1.84. The van der Waals surface area contributed by atoms with Gasteiger partial charge in [0.15, 0.2) is 5.78 Å². The molecule has 9 heteroatoms. The van der Waals surface area contributed by atoms with Gasteiger partial charge < -0.3 is 9.64 Å². The van der Waals surface area contributed by atoms with Crippen LogP contribution in [0.2, 0.25) is 0 Å². The van der Waals surface area contributed by atoms with Gasteiger partial charge in [-0.25, -0.2) is 4.90 Å². The van der Waals surface area contributed by atoms with Crippen molar-refractivity contribution in [1.82, 2.24) is 5.32 Å². The summed E-state index contributed by atoms with van der Waals surface area (Å²) in [5.41, 5.74) is 1.18. The van der Waals surface area contributed by atoms with Crippen molar-refractivity contribution in [2.75, 3.05) is 43.0 Å². The van der Waals surface area contributed by atoms with Crippen LogP contribution in [0.1, 0.15) is 35.3 Å². The second-order valence-corrected chi connectivity index (χ2v) is 10.4. The summed E-state index contributed by atoms with van der Waals surface area (Å²) >= 11 is 1.56. The smallest absolute Gasteiger partial charge is 0.326 e. The lowest BCUT2D eigenvalue weighted by molar-refractivity contribution is -0.152. The molecule has 0 bridgehead atoms. The van der Waals surface area contributed by atoms with Gasteiger partial charge in [-0.05, 0) is 55.2 Å². The largest absolute Gasteiger partial charge is 0.468 e. The average Bonchev–Trinajstić information content (AvgIpc) is 3.36. The van der Waals surface area contributed by atoms with E-state index in [9.17, 15) is 19.2 Å². The van der Waals surface area contributed by atoms with Crippen molar-refractivity contribution in [2.45, 2.75) is 24.9 Å². The predicted molar refractivity (Wildman–Crippen MR) is 140 cm³/mol. The molecule has 8 nitrogen and oxygen atoms in total. The van der Waals surface area contributed by atoms with E-state index in [1.54, 1.807) is 36.0 Å². The Kier molecular flexibility index (Phi) is 7.24. The Morgan fingerprint density at radius 3 is 2.39 bits per heavy atom. The molecular weight excluding hydrogens is 478 g/mol. The topological polar surface area (TPSA) is 96.0 Å². The number of methoxy groups -OCH3 is 1. The number of hydrogen-bond donors (Lipinski definition) is 1. The fourth-order valence-corrected chi connectivity index (χ4v) is 5.88. The molecule has 0 spiro atoms. The fourth-order valence-electron chi connectivity index (χ4n) is 5.35. The maximum Gasteiger partial charge on any atom is 0.326 e. The van der Waals surface area contributed by atoms with Crippen LogP contribution in [-0.2, 0) is 19.1 Å². The Bertz CT molecular complexity index is 1200. The number of esters is 1. The third-order valence-corrected chi connectivity index (χ3v) is 7.80. The third-order valence-electron chi connectivity index (χ3n) is 7.18. The SMILES string of the molecule is COC(=O)[C@]1(CCSC)N[C@H](c2ccc(N(C)C)cc2)[C@@H]2C(=O)N(c3cccc(C(C)=O)c3)C(=O)[C@@H]21. The number of rotatable bonds is 8. The molecule has 2 aliphatic rings. The fraction of sp³-hybridized carbons (Fsp3) is 0.407. The molecule has 36 heavy (non-hydrogen) atoms. The second-order valence-electron chi connectivity index (χ2n) is 9.44. The number of amides is 2. The summed E-state index contributed by atoms with van der Waals surface area (Å²) in [7, 11) is 5.18. The van der Waals surface area contributed by atoms with Crippen molar-refractivity contribution in [3.8, 4) is 0 Å². The number of nitrogens with zero attached hydrogens (tertiary/aromatic N) is 2. The number of carbonyl (C=O) groups is 4. The molecule has 4 atom stereocenters. The van der Waals surface area contributed by atoms with E-state index in [0.717, 1.165) is 16.2 Å². The van der Waals surface area contributed by atoms with E-state index >= 15 is 0 Å². The van der Waals surface area contributed by atoms with Crippen molar-refractivity contribution < 1.29 is 23.9 Å². The van der Waals surface area contributed by atoms with Gasteiger partial charge in [0.05, 0.1) is 24.6 Å². The summed E-state index contributed by atoms with van der Waals surface area (Å²) in [4.78, 5) is 56.3. The van der Waals surface area contributed by atoms with Gasteiger partial charge in [-0.1, -0.05) is 24.3 Å². The van der Waals surface area contributed by atoms with Crippen molar-refractivity contribution >= 4 is 46.7 Å². The lowest BCUT2D eigenvalue weighted by atomic mass is 9.78. The zero-order valence-electron chi connectivity index (χ0n) is 21.1. The van der Waals surface area contributed by atoms with Crippen LogP contribution >= 0.6 is 11.8 Å². The summed E-state index contributed by atoms with van der Waals surface area (Å²) in [5, 5.41) is 3.40. The van der Waals surface area contributed by atoms with Crippen LogP contribution in [0.4, 0.5) is 11.4 Å². The number of hydrogen-bond acceptors (Lipinski definition) is 8. The number of ether oxygens (including phenoxy) is 1. The van der Waals surface area contributed by atoms with Crippen molar-refractivity contribution in [3.63, 3.8) is 0 Å². The minimum absolute atomic E-state index is 0.166. The van der Waals surface area contributed by atoms with Crippen LogP contribution in [0, 0.1) is 11.8 Å². The number of Topliss-reactive ketones (excluding diaryl/α,β-unsaturated/α-hetero) is 1.